The molecule has 0 radical (unpaired) electrons. The van der Waals surface area contributed by atoms with Gasteiger partial charge in [0.05, 0.1) is 0 Å². The van der Waals surface area contributed by atoms with Crippen LogP contribution in [0.25, 0.3) is 11.0 Å². The van der Waals surface area contributed by atoms with Crippen LogP contribution >= 0.6 is 0 Å². The predicted molar refractivity (Wildman–Crippen MR) is 81.5 cm³/mol. The van der Waals surface area contributed by atoms with Crippen LogP contribution in [0.3, 0.4) is 0 Å². The van der Waals surface area contributed by atoms with Crippen LogP contribution in [0.1, 0.15) is 15.9 Å². The Hall–Kier alpha value is -2.95. The lowest BCUT2D eigenvalue weighted by Crippen LogP contribution is -2.23. The van der Waals surface area contributed by atoms with E-state index in [2.05, 4.69) is 15.3 Å². The number of amides is 1. The molecule has 0 aliphatic rings. The molecule has 0 unspecified atom stereocenters. The van der Waals surface area contributed by atoms with Gasteiger partial charge in [0.1, 0.15) is 11.2 Å². The topological polar surface area (TPSA) is 74.8 Å². The fourth-order valence-corrected chi connectivity index (χ4v) is 2.11. The van der Waals surface area contributed by atoms with Gasteiger partial charge >= 0.3 is 0 Å². The zero-order chi connectivity index (χ0) is 14.8. The third-order valence-electron chi connectivity index (χ3n) is 3.25. The molecule has 1 amide bonds. The van der Waals surface area contributed by atoms with E-state index in [4.69, 9.17) is 0 Å². The molecule has 0 aliphatic heterocycles. The number of carbonyl (C=O) groups is 1. The standard InChI is InChI=1S/C16H13N3O2/c1-10-5-2-3-7-13(10)18-15(20)12-9-11-6-4-8-17-14(11)19-16(12)21/h2-9H,1H3,(H,18,20)(H,17,19,21). The number of aryl methyl sites for hydroxylation is 1. The van der Waals surface area contributed by atoms with Crippen LogP contribution < -0.4 is 10.9 Å². The Morgan fingerprint density at radius 1 is 1.19 bits per heavy atom. The van der Waals surface area contributed by atoms with Crippen LogP contribution in [0, 0.1) is 6.92 Å². The number of fused-ring (bicyclic) bond motifs is 1. The van der Waals surface area contributed by atoms with Crippen molar-refractivity contribution in [2.45, 2.75) is 6.92 Å². The number of aromatic amines is 1. The van der Waals surface area contributed by atoms with Gasteiger partial charge in [-0.1, -0.05) is 18.2 Å². The van der Waals surface area contributed by atoms with Crippen LogP contribution in [0.15, 0.2) is 53.5 Å². The fourth-order valence-electron chi connectivity index (χ4n) is 2.11. The average Bonchev–Trinajstić information content (AvgIpc) is 2.49. The van der Waals surface area contributed by atoms with E-state index in [1.54, 1.807) is 30.5 Å². The number of rotatable bonds is 2. The lowest BCUT2D eigenvalue weighted by Gasteiger charge is -2.08. The Bertz CT molecular complexity index is 884. The van der Waals surface area contributed by atoms with E-state index in [1.807, 2.05) is 25.1 Å². The van der Waals surface area contributed by atoms with Gasteiger partial charge in [-0.15, -0.1) is 0 Å². The lowest BCUT2D eigenvalue weighted by atomic mass is 10.1. The molecular formula is C16H13N3O2. The maximum absolute atomic E-state index is 12.3. The summed E-state index contributed by atoms with van der Waals surface area (Å²) >= 11 is 0. The fraction of sp³-hybridized carbons (Fsp3) is 0.0625. The number of pyridine rings is 2. The smallest absolute Gasteiger partial charge is 0.262 e. The molecule has 0 aliphatic carbocycles. The first-order valence-corrected chi connectivity index (χ1v) is 6.50. The molecule has 0 spiro atoms. The van der Waals surface area contributed by atoms with Crippen LogP contribution in [0.4, 0.5) is 5.69 Å². The first-order valence-electron chi connectivity index (χ1n) is 6.50. The number of carbonyl (C=O) groups excluding carboxylic acids is 1. The second-order valence-electron chi connectivity index (χ2n) is 4.72. The van der Waals surface area contributed by atoms with Gasteiger partial charge in [-0.25, -0.2) is 4.98 Å². The van der Waals surface area contributed by atoms with E-state index in [1.165, 1.54) is 0 Å². The van der Waals surface area contributed by atoms with E-state index >= 15 is 0 Å². The predicted octanol–water partition coefficient (Wildman–Crippen LogP) is 2.48. The Morgan fingerprint density at radius 2 is 2.00 bits per heavy atom. The van der Waals surface area contributed by atoms with Gasteiger partial charge in [-0.2, -0.15) is 0 Å². The van der Waals surface area contributed by atoms with E-state index in [0.29, 0.717) is 16.7 Å². The zero-order valence-electron chi connectivity index (χ0n) is 11.4. The van der Waals surface area contributed by atoms with Crippen LogP contribution in [-0.4, -0.2) is 15.9 Å². The van der Waals surface area contributed by atoms with Gasteiger partial charge < -0.3 is 10.3 Å². The molecule has 2 aromatic heterocycles. The van der Waals surface area contributed by atoms with Crippen molar-refractivity contribution in [2.24, 2.45) is 0 Å². The van der Waals surface area contributed by atoms with Crippen molar-refractivity contribution >= 4 is 22.6 Å². The summed E-state index contributed by atoms with van der Waals surface area (Å²) in [5.74, 6) is -0.434. The third-order valence-corrected chi connectivity index (χ3v) is 3.25. The molecule has 5 nitrogen and oxygen atoms in total. The van der Waals surface area contributed by atoms with Crippen molar-refractivity contribution < 1.29 is 4.79 Å². The lowest BCUT2D eigenvalue weighted by molar-refractivity contribution is 0.102. The minimum Gasteiger partial charge on any atom is -0.322 e. The molecule has 104 valence electrons. The highest BCUT2D eigenvalue weighted by molar-refractivity contribution is 6.05. The average molecular weight is 279 g/mol. The molecule has 0 saturated heterocycles. The molecule has 1 aromatic carbocycles. The second kappa shape index (κ2) is 5.20. The Morgan fingerprint density at radius 3 is 2.81 bits per heavy atom. The zero-order valence-corrected chi connectivity index (χ0v) is 11.4. The molecule has 3 rings (SSSR count). The van der Waals surface area contributed by atoms with Gasteiger partial charge in [0.15, 0.2) is 0 Å². The molecule has 2 heterocycles. The number of benzene rings is 1. The summed E-state index contributed by atoms with van der Waals surface area (Å²) in [6.07, 6.45) is 1.59. The monoisotopic (exact) mass is 279 g/mol. The maximum Gasteiger partial charge on any atom is 0.262 e. The van der Waals surface area contributed by atoms with Crippen LogP contribution in [0.5, 0.6) is 0 Å². The first-order chi connectivity index (χ1) is 10.1. The van der Waals surface area contributed by atoms with Crippen molar-refractivity contribution in [3.05, 3.63) is 70.1 Å². The number of nitrogens with one attached hydrogen (secondary N) is 2. The van der Waals surface area contributed by atoms with E-state index in [9.17, 15) is 9.59 Å². The number of H-pyrrole nitrogens is 1. The van der Waals surface area contributed by atoms with Gasteiger partial charge in [-0.3, -0.25) is 9.59 Å². The minimum absolute atomic E-state index is 0.0683. The molecule has 3 aromatic rings. The van der Waals surface area contributed by atoms with Crippen LogP contribution in [-0.2, 0) is 0 Å². The third kappa shape index (κ3) is 2.53. The van der Waals surface area contributed by atoms with E-state index in [-0.39, 0.29) is 5.56 Å². The quantitative estimate of drug-likeness (QED) is 0.756. The van der Waals surface area contributed by atoms with Crippen molar-refractivity contribution in [1.29, 1.82) is 0 Å². The highest BCUT2D eigenvalue weighted by atomic mass is 16.2. The molecule has 5 heteroatoms. The molecular weight excluding hydrogens is 266 g/mol. The summed E-state index contributed by atoms with van der Waals surface area (Å²) in [6, 6.07) is 12.5. The number of anilines is 1. The van der Waals surface area contributed by atoms with Crippen LogP contribution in [0.2, 0.25) is 0 Å². The number of aromatic nitrogens is 2. The van der Waals surface area contributed by atoms with Crippen molar-refractivity contribution in [1.82, 2.24) is 9.97 Å². The highest BCUT2D eigenvalue weighted by Gasteiger charge is 2.13. The van der Waals surface area contributed by atoms with Gasteiger partial charge in [0.25, 0.3) is 11.5 Å². The summed E-state index contributed by atoms with van der Waals surface area (Å²) in [7, 11) is 0. The number of hydrogen-bond acceptors (Lipinski definition) is 3. The molecule has 0 saturated carbocycles. The molecule has 21 heavy (non-hydrogen) atoms. The van der Waals surface area contributed by atoms with Gasteiger partial charge in [0.2, 0.25) is 0 Å². The normalized spacial score (nSPS) is 10.5. The Balaban J connectivity index is 2.00. The van der Waals surface area contributed by atoms with E-state index in [0.717, 1.165) is 5.56 Å². The minimum atomic E-state index is -0.452. The summed E-state index contributed by atoms with van der Waals surface area (Å²) in [4.78, 5) is 30.9. The van der Waals surface area contributed by atoms with E-state index < -0.39 is 11.5 Å². The molecule has 0 bridgehead atoms. The van der Waals surface area contributed by atoms with Gasteiger partial charge in [-0.05, 0) is 36.8 Å². The SMILES string of the molecule is Cc1ccccc1NC(=O)c1cc2cccnc2[nH]c1=O. The Labute approximate surface area is 120 Å². The summed E-state index contributed by atoms with van der Waals surface area (Å²) < 4.78 is 0. The molecule has 0 fully saturated rings. The first kappa shape index (κ1) is 13.1. The number of nitrogens with zero attached hydrogens (tertiary/aromatic N) is 1. The summed E-state index contributed by atoms with van der Waals surface area (Å²) in [5, 5.41) is 3.47. The van der Waals surface area contributed by atoms with Gasteiger partial charge in [0, 0.05) is 17.3 Å². The highest BCUT2D eigenvalue weighted by Crippen LogP contribution is 2.15. The maximum atomic E-state index is 12.3. The van der Waals surface area contributed by atoms with Crippen molar-refractivity contribution in [2.75, 3.05) is 5.32 Å². The summed E-state index contributed by atoms with van der Waals surface area (Å²) in [6.45, 7) is 1.89. The van der Waals surface area contributed by atoms with Crippen molar-refractivity contribution in [3.63, 3.8) is 0 Å². The summed E-state index contributed by atoms with van der Waals surface area (Å²) in [5.41, 5.74) is 1.71. The van der Waals surface area contributed by atoms with Crippen molar-refractivity contribution in [3.8, 4) is 0 Å². The largest absolute Gasteiger partial charge is 0.322 e. The molecule has 2 N–H and O–H groups in total. The second-order valence-corrected chi connectivity index (χ2v) is 4.72. The number of para-hydroxylation sites is 1. The number of hydrogen-bond donors (Lipinski definition) is 2. The Kier molecular flexibility index (Phi) is 3.23. The molecule has 0 atom stereocenters.